The number of hydrogen-bond acceptors (Lipinski definition) is 7. The van der Waals surface area contributed by atoms with Gasteiger partial charge >= 0.3 is 0 Å². The van der Waals surface area contributed by atoms with E-state index in [0.717, 1.165) is 35.3 Å². The summed E-state index contributed by atoms with van der Waals surface area (Å²) < 4.78 is 18.9. The fourth-order valence-electron chi connectivity index (χ4n) is 3.83. The molecule has 0 saturated heterocycles. The maximum absolute atomic E-state index is 10.5. The van der Waals surface area contributed by atoms with E-state index in [2.05, 4.69) is 14.8 Å². The fourth-order valence-corrected chi connectivity index (χ4v) is 4.74. The van der Waals surface area contributed by atoms with Gasteiger partial charge in [-0.1, -0.05) is 31.0 Å². The fraction of sp³-hybridized carbons (Fsp3) is 0.478. The number of ether oxygens (including phenoxy) is 2. The molecule has 8 heteroatoms. The summed E-state index contributed by atoms with van der Waals surface area (Å²) in [6, 6.07) is 11.6. The highest BCUT2D eigenvalue weighted by atomic mass is 32.2. The summed E-state index contributed by atoms with van der Waals surface area (Å²) in [4.78, 5) is 0. The molecule has 3 aromatic rings. The first kappa shape index (κ1) is 21.8. The summed E-state index contributed by atoms with van der Waals surface area (Å²) in [5.74, 6) is 3.47. The predicted octanol–water partition coefficient (Wildman–Crippen LogP) is 4.97. The Hall–Kier alpha value is -2.45. The Morgan fingerprint density at radius 3 is 2.52 bits per heavy atom. The normalized spacial score (nSPS) is 15.7. The van der Waals surface area contributed by atoms with E-state index in [1.807, 2.05) is 43.3 Å². The van der Waals surface area contributed by atoms with E-state index in [-0.39, 0.29) is 6.61 Å². The topological polar surface area (TPSA) is 82.5 Å². The van der Waals surface area contributed by atoms with Crippen molar-refractivity contribution in [2.45, 2.75) is 56.3 Å². The Balaban J connectivity index is 1.37. The summed E-state index contributed by atoms with van der Waals surface area (Å²) in [7, 11) is 0. The lowest BCUT2D eigenvalue weighted by molar-refractivity contribution is 0.126. The molecule has 1 aliphatic carbocycles. The van der Waals surface area contributed by atoms with Crippen molar-refractivity contribution in [2.24, 2.45) is 0 Å². The Morgan fingerprint density at radius 2 is 1.84 bits per heavy atom. The van der Waals surface area contributed by atoms with E-state index < -0.39 is 6.10 Å². The number of hydrogen-bond donors (Lipinski definition) is 1. The summed E-state index contributed by atoms with van der Waals surface area (Å²) in [6.07, 6.45) is 6.96. The third-order valence-corrected chi connectivity index (χ3v) is 6.42. The predicted molar refractivity (Wildman–Crippen MR) is 120 cm³/mol. The first-order valence-electron chi connectivity index (χ1n) is 10.9. The van der Waals surface area contributed by atoms with Gasteiger partial charge in [0.2, 0.25) is 5.82 Å². The highest BCUT2D eigenvalue weighted by Crippen LogP contribution is 2.35. The SMILES string of the molecule is CCOc1ccc(OCC(O)CSc2nnc(-c3ccco3)n2C2CCCCC2)cc1. The van der Waals surface area contributed by atoms with Gasteiger partial charge in [-0.05, 0) is 56.2 Å². The Labute approximate surface area is 186 Å². The molecule has 31 heavy (non-hydrogen) atoms. The molecule has 1 fully saturated rings. The van der Waals surface area contributed by atoms with E-state index in [1.54, 1.807) is 6.26 Å². The maximum Gasteiger partial charge on any atom is 0.200 e. The Bertz CT molecular complexity index is 921. The number of rotatable bonds is 10. The average molecular weight is 444 g/mol. The van der Waals surface area contributed by atoms with Crippen LogP contribution in [-0.4, -0.2) is 44.9 Å². The van der Waals surface area contributed by atoms with Crippen molar-refractivity contribution in [1.29, 1.82) is 0 Å². The van der Waals surface area contributed by atoms with Gasteiger partial charge in [-0.2, -0.15) is 0 Å². The Morgan fingerprint density at radius 1 is 1.10 bits per heavy atom. The number of aliphatic hydroxyl groups excluding tert-OH is 1. The van der Waals surface area contributed by atoms with Crippen LogP contribution in [0, 0.1) is 0 Å². The van der Waals surface area contributed by atoms with Crippen molar-refractivity contribution < 1.29 is 19.0 Å². The number of aromatic nitrogens is 3. The number of aliphatic hydroxyl groups is 1. The largest absolute Gasteiger partial charge is 0.494 e. The highest BCUT2D eigenvalue weighted by Gasteiger charge is 2.25. The van der Waals surface area contributed by atoms with Crippen LogP contribution in [0.5, 0.6) is 11.5 Å². The monoisotopic (exact) mass is 443 g/mol. The third-order valence-electron chi connectivity index (χ3n) is 5.33. The maximum atomic E-state index is 10.5. The summed E-state index contributed by atoms with van der Waals surface area (Å²) in [6.45, 7) is 2.79. The van der Waals surface area contributed by atoms with Crippen LogP contribution < -0.4 is 9.47 Å². The minimum atomic E-state index is -0.625. The zero-order valence-corrected chi connectivity index (χ0v) is 18.6. The average Bonchev–Trinajstić information content (AvgIpc) is 3.48. The van der Waals surface area contributed by atoms with Gasteiger partial charge in [0.15, 0.2) is 10.9 Å². The van der Waals surface area contributed by atoms with Crippen molar-refractivity contribution in [3.05, 3.63) is 42.7 Å². The third kappa shape index (κ3) is 5.62. The molecule has 2 aromatic heterocycles. The van der Waals surface area contributed by atoms with Crippen LogP contribution in [0.4, 0.5) is 0 Å². The van der Waals surface area contributed by atoms with E-state index in [4.69, 9.17) is 13.9 Å². The minimum Gasteiger partial charge on any atom is -0.494 e. The number of furan rings is 1. The van der Waals surface area contributed by atoms with Crippen molar-refractivity contribution >= 4 is 11.8 Å². The van der Waals surface area contributed by atoms with Crippen molar-refractivity contribution in [3.8, 4) is 23.1 Å². The molecule has 1 atom stereocenters. The van der Waals surface area contributed by atoms with Gasteiger partial charge in [0, 0.05) is 11.8 Å². The number of benzene rings is 1. The first-order valence-corrected chi connectivity index (χ1v) is 11.9. The van der Waals surface area contributed by atoms with Gasteiger partial charge < -0.3 is 19.0 Å². The second-order valence-corrected chi connectivity index (χ2v) is 8.61. The standard InChI is InChI=1S/C23H29N3O4S/c1-2-28-19-10-12-20(13-11-19)30-15-18(27)16-31-23-25-24-22(21-9-6-14-29-21)26(23)17-7-4-3-5-8-17/h6,9-14,17-18,27H,2-5,7-8,15-16H2,1H3. The molecule has 2 heterocycles. The lowest BCUT2D eigenvalue weighted by atomic mass is 9.95. The lowest BCUT2D eigenvalue weighted by Gasteiger charge is -2.25. The van der Waals surface area contributed by atoms with E-state index in [1.165, 1.54) is 31.0 Å². The van der Waals surface area contributed by atoms with Crippen molar-refractivity contribution in [1.82, 2.24) is 14.8 Å². The molecule has 166 valence electrons. The van der Waals surface area contributed by atoms with Crippen LogP contribution in [0.25, 0.3) is 11.6 Å². The molecule has 0 aliphatic heterocycles. The van der Waals surface area contributed by atoms with Crippen LogP contribution in [0.15, 0.2) is 52.2 Å². The van der Waals surface area contributed by atoms with Crippen molar-refractivity contribution in [3.63, 3.8) is 0 Å². The molecule has 1 saturated carbocycles. The molecule has 1 aromatic carbocycles. The Kier molecular flexibility index (Phi) is 7.53. The molecule has 0 amide bonds. The van der Waals surface area contributed by atoms with Crippen LogP contribution in [0.2, 0.25) is 0 Å². The number of thioether (sulfide) groups is 1. The molecule has 4 rings (SSSR count). The van der Waals surface area contributed by atoms with Crippen LogP contribution in [0.3, 0.4) is 0 Å². The van der Waals surface area contributed by atoms with Crippen LogP contribution in [-0.2, 0) is 0 Å². The van der Waals surface area contributed by atoms with E-state index >= 15 is 0 Å². The molecule has 0 radical (unpaired) electrons. The summed E-state index contributed by atoms with van der Waals surface area (Å²) in [5.41, 5.74) is 0. The van der Waals surface area contributed by atoms with E-state index in [9.17, 15) is 5.11 Å². The minimum absolute atomic E-state index is 0.212. The van der Waals surface area contributed by atoms with Gasteiger partial charge in [-0.3, -0.25) is 4.57 Å². The molecular weight excluding hydrogens is 414 g/mol. The molecule has 7 nitrogen and oxygen atoms in total. The molecule has 0 bridgehead atoms. The molecule has 0 spiro atoms. The van der Waals surface area contributed by atoms with Gasteiger partial charge in [-0.15, -0.1) is 10.2 Å². The highest BCUT2D eigenvalue weighted by molar-refractivity contribution is 7.99. The van der Waals surface area contributed by atoms with Crippen molar-refractivity contribution in [2.75, 3.05) is 19.0 Å². The lowest BCUT2D eigenvalue weighted by Crippen LogP contribution is -2.21. The van der Waals surface area contributed by atoms with Gasteiger partial charge in [-0.25, -0.2) is 0 Å². The quantitative estimate of drug-likeness (QED) is 0.443. The second-order valence-electron chi connectivity index (χ2n) is 7.63. The molecule has 1 unspecified atom stereocenters. The smallest absolute Gasteiger partial charge is 0.200 e. The van der Waals surface area contributed by atoms with E-state index in [0.29, 0.717) is 24.2 Å². The molecule has 1 aliphatic rings. The summed E-state index contributed by atoms with van der Waals surface area (Å²) in [5, 5.41) is 20.1. The molecular formula is C23H29N3O4S. The van der Waals surface area contributed by atoms with Crippen LogP contribution >= 0.6 is 11.8 Å². The zero-order chi connectivity index (χ0) is 21.5. The first-order chi connectivity index (χ1) is 15.2. The summed E-state index contributed by atoms with van der Waals surface area (Å²) >= 11 is 1.51. The number of nitrogens with zero attached hydrogens (tertiary/aromatic N) is 3. The van der Waals surface area contributed by atoms with Gasteiger partial charge in [0.1, 0.15) is 18.1 Å². The second kappa shape index (κ2) is 10.7. The van der Waals surface area contributed by atoms with Gasteiger partial charge in [0.25, 0.3) is 0 Å². The van der Waals surface area contributed by atoms with Gasteiger partial charge in [0.05, 0.1) is 19.0 Å². The zero-order valence-electron chi connectivity index (χ0n) is 17.8. The van der Waals surface area contributed by atoms with Crippen LogP contribution in [0.1, 0.15) is 45.1 Å². The molecule has 1 N–H and O–H groups in total.